The highest BCUT2D eigenvalue weighted by atomic mass is 16.5. The Morgan fingerprint density at radius 2 is 1.68 bits per heavy atom. The molecule has 0 bridgehead atoms. The molecule has 0 aliphatic carbocycles. The van der Waals surface area contributed by atoms with Gasteiger partial charge in [-0.05, 0) is 74.9 Å². The number of aryl methyl sites for hydroxylation is 1. The molecule has 1 unspecified atom stereocenters. The van der Waals surface area contributed by atoms with E-state index in [1.807, 2.05) is 12.1 Å². The van der Waals surface area contributed by atoms with Gasteiger partial charge in [0.15, 0.2) is 6.10 Å². The van der Waals surface area contributed by atoms with Gasteiger partial charge in [-0.3, -0.25) is 24.6 Å². The Morgan fingerprint density at radius 3 is 2.35 bits per heavy atom. The molecule has 2 aromatic carbocycles. The van der Waals surface area contributed by atoms with Crippen molar-refractivity contribution in [1.29, 1.82) is 0 Å². The van der Waals surface area contributed by atoms with Crippen molar-refractivity contribution in [2.24, 2.45) is 5.92 Å². The van der Waals surface area contributed by atoms with Gasteiger partial charge in [-0.25, -0.2) is 0 Å². The average Bonchev–Trinajstić information content (AvgIpc) is 2.91. The van der Waals surface area contributed by atoms with Crippen LogP contribution in [0.15, 0.2) is 48.5 Å². The second kappa shape index (κ2) is 11.5. The number of carbonyl (C=O) groups excluding carboxylic acids is 3. The fourth-order valence-electron chi connectivity index (χ4n) is 5.87. The molecule has 7 nitrogen and oxygen atoms in total. The maximum Gasteiger partial charge on any atom is 0.267 e. The minimum Gasteiger partial charge on any atom is -0.481 e. The van der Waals surface area contributed by atoms with E-state index in [2.05, 4.69) is 58.4 Å². The van der Waals surface area contributed by atoms with Crippen LogP contribution in [0.2, 0.25) is 0 Å². The van der Waals surface area contributed by atoms with Crippen LogP contribution in [0.3, 0.4) is 0 Å². The summed E-state index contributed by atoms with van der Waals surface area (Å²) in [6.45, 7) is 6.67. The van der Waals surface area contributed by atoms with Crippen molar-refractivity contribution < 1.29 is 19.1 Å². The Balaban J connectivity index is 1.06. The zero-order chi connectivity index (χ0) is 25.8. The Morgan fingerprint density at radius 1 is 0.946 bits per heavy atom. The third kappa shape index (κ3) is 6.39. The summed E-state index contributed by atoms with van der Waals surface area (Å²) in [6.07, 6.45) is 3.91. The highest BCUT2D eigenvalue weighted by Crippen LogP contribution is 2.31. The number of ether oxygens (including phenoxy) is 1. The fourth-order valence-corrected chi connectivity index (χ4v) is 5.87. The number of hydrogen-bond donors (Lipinski definition) is 1. The van der Waals surface area contributed by atoms with Crippen LogP contribution in [-0.2, 0) is 20.9 Å². The van der Waals surface area contributed by atoms with E-state index in [9.17, 15) is 14.4 Å². The number of carbonyl (C=O) groups is 3. The van der Waals surface area contributed by atoms with Crippen molar-refractivity contribution in [3.63, 3.8) is 0 Å². The molecule has 3 fully saturated rings. The zero-order valence-corrected chi connectivity index (χ0v) is 21.7. The lowest BCUT2D eigenvalue weighted by atomic mass is 9.88. The van der Waals surface area contributed by atoms with Crippen LogP contribution in [0.25, 0.3) is 0 Å². The Kier molecular flexibility index (Phi) is 7.89. The van der Waals surface area contributed by atoms with Crippen LogP contribution in [0.5, 0.6) is 5.75 Å². The summed E-state index contributed by atoms with van der Waals surface area (Å²) in [5, 5.41) is 2.33. The van der Waals surface area contributed by atoms with Gasteiger partial charge in [0.2, 0.25) is 11.8 Å². The molecular formula is C30H37N3O4. The van der Waals surface area contributed by atoms with Gasteiger partial charge >= 0.3 is 0 Å². The Bertz CT molecular complexity index is 1120. The number of benzene rings is 2. The van der Waals surface area contributed by atoms with Crippen molar-refractivity contribution >= 4 is 17.7 Å². The van der Waals surface area contributed by atoms with E-state index in [0.29, 0.717) is 30.4 Å². The van der Waals surface area contributed by atoms with Crippen LogP contribution in [-0.4, -0.2) is 59.8 Å². The first-order valence-corrected chi connectivity index (χ1v) is 13.6. The van der Waals surface area contributed by atoms with Gasteiger partial charge in [-0.15, -0.1) is 0 Å². The lowest BCUT2D eigenvalue weighted by molar-refractivity contribution is -0.139. The van der Waals surface area contributed by atoms with Crippen molar-refractivity contribution in [3.8, 4) is 5.75 Å². The Hall–Kier alpha value is -3.19. The van der Waals surface area contributed by atoms with Gasteiger partial charge in [0.25, 0.3) is 5.91 Å². The van der Waals surface area contributed by atoms with Crippen LogP contribution >= 0.6 is 0 Å². The second-order valence-electron chi connectivity index (χ2n) is 10.8. The average molecular weight is 504 g/mol. The molecule has 3 heterocycles. The lowest BCUT2D eigenvalue weighted by Crippen LogP contribution is -2.46. The molecular weight excluding hydrogens is 466 g/mol. The summed E-state index contributed by atoms with van der Waals surface area (Å²) < 4.78 is 5.80. The van der Waals surface area contributed by atoms with E-state index in [-0.39, 0.29) is 17.7 Å². The van der Waals surface area contributed by atoms with Gasteiger partial charge in [-0.1, -0.05) is 42.0 Å². The third-order valence-corrected chi connectivity index (χ3v) is 8.05. The maximum absolute atomic E-state index is 13.2. The van der Waals surface area contributed by atoms with Crippen molar-refractivity contribution in [2.75, 3.05) is 26.2 Å². The van der Waals surface area contributed by atoms with E-state index < -0.39 is 6.10 Å². The number of nitrogens with one attached hydrogen (secondary N) is 1. The quantitative estimate of drug-likeness (QED) is 0.607. The monoisotopic (exact) mass is 503 g/mol. The molecule has 7 heteroatoms. The van der Waals surface area contributed by atoms with E-state index in [4.69, 9.17) is 4.74 Å². The van der Waals surface area contributed by atoms with Crippen LogP contribution in [0, 0.1) is 12.8 Å². The van der Waals surface area contributed by atoms with Crippen molar-refractivity contribution in [1.82, 2.24) is 15.1 Å². The second-order valence-corrected chi connectivity index (χ2v) is 10.8. The largest absolute Gasteiger partial charge is 0.481 e. The van der Waals surface area contributed by atoms with Crippen molar-refractivity contribution in [3.05, 3.63) is 65.2 Å². The predicted molar refractivity (Wildman–Crippen MR) is 141 cm³/mol. The van der Waals surface area contributed by atoms with Gasteiger partial charge in [0, 0.05) is 38.4 Å². The van der Waals surface area contributed by atoms with E-state index in [0.717, 1.165) is 58.4 Å². The molecule has 0 radical (unpaired) electrons. The first kappa shape index (κ1) is 25.5. The minimum atomic E-state index is -0.618. The van der Waals surface area contributed by atoms with Crippen molar-refractivity contribution in [2.45, 2.75) is 64.0 Å². The summed E-state index contributed by atoms with van der Waals surface area (Å²) in [7, 11) is 0. The highest BCUT2D eigenvalue weighted by molar-refractivity contribution is 5.99. The third-order valence-electron chi connectivity index (χ3n) is 8.05. The number of piperidine rings is 3. The maximum atomic E-state index is 13.2. The van der Waals surface area contributed by atoms with Crippen LogP contribution in [0.4, 0.5) is 0 Å². The summed E-state index contributed by atoms with van der Waals surface area (Å²) in [5.74, 6) is 0.933. The molecule has 1 atom stereocenters. The van der Waals surface area contributed by atoms with E-state index in [1.54, 1.807) is 0 Å². The molecule has 3 amide bonds. The van der Waals surface area contributed by atoms with Gasteiger partial charge < -0.3 is 9.64 Å². The first-order chi connectivity index (χ1) is 17.9. The molecule has 3 aliphatic heterocycles. The minimum absolute atomic E-state index is 0.147. The summed E-state index contributed by atoms with van der Waals surface area (Å²) in [6, 6.07) is 16.6. The predicted octanol–water partition coefficient (Wildman–Crippen LogP) is 3.80. The summed E-state index contributed by atoms with van der Waals surface area (Å²) in [4.78, 5) is 41.0. The van der Waals surface area contributed by atoms with Crippen LogP contribution in [0.1, 0.15) is 61.1 Å². The normalized spacial score (nSPS) is 22.1. The summed E-state index contributed by atoms with van der Waals surface area (Å²) >= 11 is 0. The molecule has 37 heavy (non-hydrogen) atoms. The molecule has 2 aromatic rings. The van der Waals surface area contributed by atoms with Gasteiger partial charge in [0.05, 0.1) is 0 Å². The molecule has 5 rings (SSSR count). The molecule has 0 aromatic heterocycles. The SMILES string of the molecule is Cc1cccc(CN2CCC(C(=O)N3CCC(c4ccc(OC5CCC(=O)NC5=O)cc4)CC3)CC2)c1. The number of rotatable bonds is 6. The summed E-state index contributed by atoms with van der Waals surface area (Å²) in [5.41, 5.74) is 3.89. The zero-order valence-electron chi connectivity index (χ0n) is 21.7. The number of likely N-dealkylation sites (tertiary alicyclic amines) is 2. The lowest BCUT2D eigenvalue weighted by Gasteiger charge is -2.37. The first-order valence-electron chi connectivity index (χ1n) is 13.6. The van der Waals surface area contributed by atoms with E-state index >= 15 is 0 Å². The van der Waals surface area contributed by atoms with Gasteiger partial charge in [-0.2, -0.15) is 0 Å². The molecule has 3 aliphatic rings. The fraction of sp³-hybridized carbons (Fsp3) is 0.500. The van der Waals surface area contributed by atoms with E-state index in [1.165, 1.54) is 16.7 Å². The molecule has 196 valence electrons. The highest BCUT2D eigenvalue weighted by Gasteiger charge is 2.32. The Labute approximate surface area is 219 Å². The standard InChI is InChI=1S/C30H37N3O4/c1-21-3-2-4-22(19-21)20-32-15-11-25(12-16-32)30(36)33-17-13-24(14-18-33)23-5-7-26(8-6-23)37-27-9-10-28(34)31-29(27)35/h2-8,19,24-25,27H,9-18,20H2,1H3,(H,31,34,35). The molecule has 3 saturated heterocycles. The number of nitrogens with zero attached hydrogens (tertiary/aromatic N) is 2. The molecule has 1 N–H and O–H groups in total. The number of imide groups is 1. The van der Waals surface area contributed by atoms with Gasteiger partial charge in [0.1, 0.15) is 5.75 Å². The smallest absolute Gasteiger partial charge is 0.267 e. The molecule has 0 saturated carbocycles. The molecule has 0 spiro atoms. The number of hydrogen-bond acceptors (Lipinski definition) is 5. The topological polar surface area (TPSA) is 79.0 Å². The number of amides is 3. The van der Waals surface area contributed by atoms with Crippen LogP contribution < -0.4 is 10.1 Å².